The largest absolute Gasteiger partial charge is 0.345 e. The Kier molecular flexibility index (Phi) is 8.76. The molecule has 1 amide bonds. The van der Waals surface area contributed by atoms with Gasteiger partial charge in [0.25, 0.3) is 0 Å². The van der Waals surface area contributed by atoms with Crippen LogP contribution in [0.4, 0.5) is 0 Å². The predicted octanol–water partition coefficient (Wildman–Crippen LogP) is 3.23. The summed E-state index contributed by atoms with van der Waals surface area (Å²) in [6, 6.07) is 10.3. The lowest BCUT2D eigenvalue weighted by Gasteiger charge is -2.20. The Labute approximate surface area is 129 Å². The van der Waals surface area contributed by atoms with Crippen molar-refractivity contribution < 1.29 is 4.79 Å². The molecule has 0 heterocycles. The van der Waals surface area contributed by atoms with Crippen LogP contribution >= 0.6 is 0 Å². The van der Waals surface area contributed by atoms with Crippen LogP contribution in [0.25, 0.3) is 0 Å². The molecule has 0 fully saturated rings. The summed E-state index contributed by atoms with van der Waals surface area (Å²) in [5.74, 6) is 0.857. The number of hydrogen-bond acceptors (Lipinski definition) is 2. The fraction of sp³-hybridized carbons (Fsp3) is 0.611. The van der Waals surface area contributed by atoms with Crippen LogP contribution in [-0.2, 0) is 11.2 Å². The SMILES string of the molecule is CCCC(CCN)CCC(=O)N(C)CCc1ccccc1. The highest BCUT2D eigenvalue weighted by molar-refractivity contribution is 5.75. The second kappa shape index (κ2) is 10.4. The molecule has 3 heteroatoms. The summed E-state index contributed by atoms with van der Waals surface area (Å²) in [6.07, 6.45) is 5.93. The summed E-state index contributed by atoms with van der Waals surface area (Å²) in [5, 5.41) is 0. The van der Waals surface area contributed by atoms with Gasteiger partial charge in [-0.3, -0.25) is 4.79 Å². The van der Waals surface area contributed by atoms with Gasteiger partial charge < -0.3 is 10.6 Å². The summed E-state index contributed by atoms with van der Waals surface area (Å²) in [4.78, 5) is 14.0. The van der Waals surface area contributed by atoms with Crippen LogP contribution in [-0.4, -0.2) is 30.9 Å². The Morgan fingerprint density at radius 1 is 1.19 bits per heavy atom. The molecule has 2 N–H and O–H groups in total. The van der Waals surface area contributed by atoms with Gasteiger partial charge in [-0.05, 0) is 37.3 Å². The van der Waals surface area contributed by atoms with Crippen molar-refractivity contribution in [2.45, 2.75) is 45.4 Å². The van der Waals surface area contributed by atoms with E-state index in [4.69, 9.17) is 5.73 Å². The van der Waals surface area contributed by atoms with Gasteiger partial charge in [0.1, 0.15) is 0 Å². The Balaban J connectivity index is 2.30. The minimum absolute atomic E-state index is 0.254. The number of rotatable bonds is 10. The minimum Gasteiger partial charge on any atom is -0.345 e. The number of amides is 1. The van der Waals surface area contributed by atoms with E-state index in [2.05, 4.69) is 19.1 Å². The smallest absolute Gasteiger partial charge is 0.222 e. The zero-order chi connectivity index (χ0) is 15.5. The maximum atomic E-state index is 12.2. The lowest BCUT2D eigenvalue weighted by Crippen LogP contribution is -2.29. The molecule has 0 saturated heterocycles. The first kappa shape index (κ1) is 17.7. The van der Waals surface area contributed by atoms with E-state index in [1.54, 1.807) is 0 Å². The number of benzene rings is 1. The predicted molar refractivity (Wildman–Crippen MR) is 89.1 cm³/mol. The number of likely N-dealkylation sites (N-methyl/N-ethyl adjacent to an activating group) is 1. The van der Waals surface area contributed by atoms with E-state index in [0.717, 1.165) is 32.4 Å². The van der Waals surface area contributed by atoms with Gasteiger partial charge in [0.05, 0.1) is 0 Å². The highest BCUT2D eigenvalue weighted by Gasteiger charge is 2.13. The molecule has 0 spiro atoms. The summed E-state index contributed by atoms with van der Waals surface area (Å²) in [5.41, 5.74) is 6.92. The Morgan fingerprint density at radius 2 is 1.90 bits per heavy atom. The Hall–Kier alpha value is -1.35. The van der Waals surface area contributed by atoms with Crippen LogP contribution < -0.4 is 5.73 Å². The Morgan fingerprint density at radius 3 is 2.52 bits per heavy atom. The molecule has 0 aliphatic carbocycles. The van der Waals surface area contributed by atoms with E-state index < -0.39 is 0 Å². The first-order valence-electron chi connectivity index (χ1n) is 8.15. The molecule has 0 radical (unpaired) electrons. The second-order valence-electron chi connectivity index (χ2n) is 5.82. The van der Waals surface area contributed by atoms with Crippen LogP contribution in [0.5, 0.6) is 0 Å². The molecular weight excluding hydrogens is 260 g/mol. The first-order valence-corrected chi connectivity index (χ1v) is 8.15. The monoisotopic (exact) mass is 290 g/mol. The summed E-state index contributed by atoms with van der Waals surface area (Å²) < 4.78 is 0. The van der Waals surface area contributed by atoms with E-state index in [1.165, 1.54) is 18.4 Å². The molecule has 21 heavy (non-hydrogen) atoms. The average molecular weight is 290 g/mol. The first-order chi connectivity index (χ1) is 10.2. The van der Waals surface area contributed by atoms with Gasteiger partial charge in [-0.2, -0.15) is 0 Å². The third-order valence-electron chi connectivity index (χ3n) is 4.04. The zero-order valence-corrected chi connectivity index (χ0v) is 13.6. The van der Waals surface area contributed by atoms with Crippen molar-refractivity contribution in [2.24, 2.45) is 11.7 Å². The van der Waals surface area contributed by atoms with Crippen LogP contribution in [0, 0.1) is 5.92 Å². The van der Waals surface area contributed by atoms with Gasteiger partial charge in [-0.25, -0.2) is 0 Å². The average Bonchev–Trinajstić information content (AvgIpc) is 2.51. The molecule has 1 aromatic rings. The molecule has 1 atom stereocenters. The van der Waals surface area contributed by atoms with Crippen molar-refractivity contribution in [3.8, 4) is 0 Å². The lowest BCUT2D eigenvalue weighted by atomic mass is 9.94. The fourth-order valence-corrected chi connectivity index (χ4v) is 2.66. The number of nitrogens with zero attached hydrogens (tertiary/aromatic N) is 1. The van der Waals surface area contributed by atoms with Crippen LogP contribution in [0.1, 0.15) is 44.6 Å². The van der Waals surface area contributed by atoms with Gasteiger partial charge in [0.2, 0.25) is 5.91 Å². The van der Waals surface area contributed by atoms with Gasteiger partial charge in [0, 0.05) is 20.0 Å². The maximum Gasteiger partial charge on any atom is 0.222 e. The van der Waals surface area contributed by atoms with Crippen molar-refractivity contribution in [3.05, 3.63) is 35.9 Å². The number of hydrogen-bond donors (Lipinski definition) is 1. The highest BCUT2D eigenvalue weighted by atomic mass is 16.2. The standard InChI is InChI=1S/C18H30N2O/c1-3-7-16(12-14-19)10-11-18(21)20(2)15-13-17-8-5-4-6-9-17/h4-6,8-9,16H,3,7,10-15,19H2,1-2H3. The molecule has 0 aliphatic heterocycles. The van der Waals surface area contributed by atoms with E-state index in [9.17, 15) is 4.79 Å². The minimum atomic E-state index is 0.254. The molecule has 1 aromatic carbocycles. The lowest BCUT2D eigenvalue weighted by molar-refractivity contribution is -0.130. The molecule has 0 aromatic heterocycles. The molecule has 0 saturated carbocycles. The molecule has 3 nitrogen and oxygen atoms in total. The highest BCUT2D eigenvalue weighted by Crippen LogP contribution is 2.17. The van der Waals surface area contributed by atoms with Crippen LogP contribution in [0.3, 0.4) is 0 Å². The second-order valence-corrected chi connectivity index (χ2v) is 5.82. The van der Waals surface area contributed by atoms with Gasteiger partial charge in [-0.15, -0.1) is 0 Å². The normalized spacial score (nSPS) is 12.1. The van der Waals surface area contributed by atoms with Crippen molar-refractivity contribution in [2.75, 3.05) is 20.1 Å². The summed E-state index contributed by atoms with van der Waals surface area (Å²) >= 11 is 0. The molecular formula is C18H30N2O. The van der Waals surface area contributed by atoms with Crippen LogP contribution in [0.15, 0.2) is 30.3 Å². The van der Waals surface area contributed by atoms with E-state index in [-0.39, 0.29) is 5.91 Å². The molecule has 0 bridgehead atoms. The number of carbonyl (C=O) groups excluding carboxylic acids is 1. The van der Waals surface area contributed by atoms with Crippen molar-refractivity contribution in [3.63, 3.8) is 0 Å². The molecule has 0 aliphatic rings. The molecule has 118 valence electrons. The zero-order valence-electron chi connectivity index (χ0n) is 13.6. The molecule has 1 rings (SSSR count). The third-order valence-corrected chi connectivity index (χ3v) is 4.04. The van der Waals surface area contributed by atoms with Gasteiger partial charge in [-0.1, -0.05) is 50.1 Å². The third kappa shape index (κ3) is 7.28. The summed E-state index contributed by atoms with van der Waals surface area (Å²) in [7, 11) is 1.91. The van der Waals surface area contributed by atoms with E-state index in [1.807, 2.05) is 30.1 Å². The van der Waals surface area contributed by atoms with E-state index in [0.29, 0.717) is 12.3 Å². The fourth-order valence-electron chi connectivity index (χ4n) is 2.66. The maximum absolute atomic E-state index is 12.2. The van der Waals surface area contributed by atoms with E-state index >= 15 is 0 Å². The number of carbonyl (C=O) groups is 1. The van der Waals surface area contributed by atoms with Crippen molar-refractivity contribution in [1.82, 2.24) is 4.90 Å². The van der Waals surface area contributed by atoms with Crippen LogP contribution in [0.2, 0.25) is 0 Å². The molecule has 1 unspecified atom stereocenters. The summed E-state index contributed by atoms with van der Waals surface area (Å²) in [6.45, 7) is 3.71. The quantitative estimate of drug-likeness (QED) is 0.719. The topological polar surface area (TPSA) is 46.3 Å². The van der Waals surface area contributed by atoms with Crippen molar-refractivity contribution >= 4 is 5.91 Å². The van der Waals surface area contributed by atoms with Gasteiger partial charge >= 0.3 is 0 Å². The van der Waals surface area contributed by atoms with Gasteiger partial charge in [0.15, 0.2) is 0 Å². The van der Waals surface area contributed by atoms with Crippen molar-refractivity contribution in [1.29, 1.82) is 0 Å². The number of nitrogens with two attached hydrogens (primary N) is 1. The Bertz CT molecular complexity index is 385.